The monoisotopic (exact) mass is 258 g/mol. The summed E-state index contributed by atoms with van der Waals surface area (Å²) in [6, 6.07) is 0. The standard InChI is InChI=1S/C12H18O6/c1-7(13)9(3)6-12(15)11(5,16-9)17-10(4,18-12)8(2)14/h15H,6H2,1-5H3/t9-,10+,11-,12+/m1/s1. The molecule has 4 atom stereocenters. The molecule has 0 radical (unpaired) electrons. The third-order valence-corrected chi connectivity index (χ3v) is 3.84. The second-order valence-corrected chi connectivity index (χ2v) is 5.50. The molecule has 2 rings (SSSR count). The zero-order valence-electron chi connectivity index (χ0n) is 11.2. The second kappa shape index (κ2) is 3.39. The number of ketones is 2. The number of ether oxygens (including phenoxy) is 3. The minimum atomic E-state index is -1.81. The van der Waals surface area contributed by atoms with Crippen molar-refractivity contribution in [2.75, 3.05) is 0 Å². The van der Waals surface area contributed by atoms with Gasteiger partial charge in [0.05, 0.1) is 0 Å². The van der Waals surface area contributed by atoms with Gasteiger partial charge in [0.1, 0.15) is 5.60 Å². The molecule has 0 aliphatic carbocycles. The molecule has 18 heavy (non-hydrogen) atoms. The summed E-state index contributed by atoms with van der Waals surface area (Å²) in [6.45, 7) is 7.13. The first-order chi connectivity index (χ1) is 7.97. The first-order valence-electron chi connectivity index (χ1n) is 5.81. The van der Waals surface area contributed by atoms with Crippen molar-refractivity contribution in [1.29, 1.82) is 0 Å². The van der Waals surface area contributed by atoms with Crippen LogP contribution in [0.3, 0.4) is 0 Å². The predicted octanol–water partition coefficient (Wildman–Crippen LogP) is 0.511. The Hall–Kier alpha value is -0.820. The van der Waals surface area contributed by atoms with Crippen molar-refractivity contribution in [2.24, 2.45) is 0 Å². The van der Waals surface area contributed by atoms with Crippen molar-refractivity contribution in [2.45, 2.75) is 64.0 Å². The average molecular weight is 258 g/mol. The van der Waals surface area contributed by atoms with Crippen LogP contribution in [0.4, 0.5) is 0 Å². The van der Waals surface area contributed by atoms with E-state index in [1.807, 2.05) is 0 Å². The summed E-state index contributed by atoms with van der Waals surface area (Å²) in [5.74, 6) is -5.51. The zero-order chi connectivity index (χ0) is 14.0. The van der Waals surface area contributed by atoms with Gasteiger partial charge in [-0.3, -0.25) is 9.59 Å². The van der Waals surface area contributed by atoms with Crippen LogP contribution in [-0.2, 0) is 23.8 Å². The van der Waals surface area contributed by atoms with Gasteiger partial charge in [-0.1, -0.05) is 0 Å². The van der Waals surface area contributed by atoms with Crippen LogP contribution >= 0.6 is 0 Å². The number of carbonyl (C=O) groups excluding carboxylic acids is 2. The van der Waals surface area contributed by atoms with Crippen molar-refractivity contribution < 1.29 is 28.9 Å². The lowest BCUT2D eigenvalue weighted by molar-refractivity contribution is -0.271. The molecule has 0 spiro atoms. The molecule has 6 heteroatoms. The fourth-order valence-electron chi connectivity index (χ4n) is 2.45. The quantitative estimate of drug-likeness (QED) is 0.777. The number of hydrogen-bond acceptors (Lipinski definition) is 6. The molecule has 2 aliphatic heterocycles. The van der Waals surface area contributed by atoms with E-state index >= 15 is 0 Å². The van der Waals surface area contributed by atoms with E-state index in [0.29, 0.717) is 0 Å². The summed E-state index contributed by atoms with van der Waals surface area (Å²) >= 11 is 0. The van der Waals surface area contributed by atoms with Gasteiger partial charge in [0.2, 0.25) is 17.4 Å². The highest BCUT2D eigenvalue weighted by atomic mass is 16.9. The Morgan fingerprint density at radius 3 is 1.94 bits per heavy atom. The van der Waals surface area contributed by atoms with Crippen LogP contribution in [-0.4, -0.2) is 39.6 Å². The molecular weight excluding hydrogens is 240 g/mol. The van der Waals surface area contributed by atoms with Gasteiger partial charge in [-0.25, -0.2) is 0 Å². The molecular formula is C12H18O6. The lowest BCUT2D eigenvalue weighted by Crippen LogP contribution is -2.45. The first-order valence-corrected chi connectivity index (χ1v) is 5.81. The number of rotatable bonds is 2. The summed E-state index contributed by atoms with van der Waals surface area (Å²) in [5, 5.41) is 10.5. The highest BCUT2D eigenvalue weighted by Gasteiger charge is 2.73. The molecule has 0 aromatic rings. The van der Waals surface area contributed by atoms with Crippen LogP contribution in [0.1, 0.15) is 41.0 Å². The smallest absolute Gasteiger partial charge is 0.231 e. The van der Waals surface area contributed by atoms with Crippen LogP contribution in [0.25, 0.3) is 0 Å². The molecule has 2 fully saturated rings. The van der Waals surface area contributed by atoms with Crippen molar-refractivity contribution in [1.82, 2.24) is 0 Å². The largest absolute Gasteiger partial charge is 0.361 e. The Labute approximate surface area is 105 Å². The van der Waals surface area contributed by atoms with Gasteiger partial charge in [-0.2, -0.15) is 0 Å². The molecule has 6 nitrogen and oxygen atoms in total. The summed E-state index contributed by atoms with van der Waals surface area (Å²) in [4.78, 5) is 23.1. The van der Waals surface area contributed by atoms with Crippen molar-refractivity contribution in [3.63, 3.8) is 0 Å². The summed E-state index contributed by atoms with van der Waals surface area (Å²) in [6.07, 6.45) is -0.0747. The average Bonchev–Trinajstić information content (AvgIpc) is 2.43. The Morgan fingerprint density at radius 1 is 1.00 bits per heavy atom. The molecule has 0 aromatic carbocycles. The Kier molecular flexibility index (Phi) is 2.56. The highest BCUT2D eigenvalue weighted by molar-refractivity contribution is 5.86. The van der Waals surface area contributed by atoms with Gasteiger partial charge in [0.25, 0.3) is 0 Å². The SMILES string of the molecule is CC(=O)[C@@]1(C)O[C@@]2(C)O[C@@](C)(C(C)=O)C[C@]2(O)O1. The van der Waals surface area contributed by atoms with Gasteiger partial charge in [-0.05, 0) is 27.7 Å². The lowest BCUT2D eigenvalue weighted by Gasteiger charge is -2.29. The molecule has 0 amide bonds. The Bertz CT molecular complexity index is 374. The maximum Gasteiger partial charge on any atom is 0.231 e. The molecule has 0 unspecified atom stereocenters. The van der Waals surface area contributed by atoms with Crippen molar-refractivity contribution in [3.8, 4) is 0 Å². The topological polar surface area (TPSA) is 82.1 Å². The molecule has 2 saturated heterocycles. The molecule has 1 N–H and O–H groups in total. The molecule has 2 aliphatic rings. The Balaban J connectivity index is 2.37. The molecule has 0 saturated carbocycles. The van der Waals surface area contributed by atoms with Gasteiger partial charge in [-0.15, -0.1) is 0 Å². The maximum atomic E-state index is 11.6. The van der Waals surface area contributed by atoms with Gasteiger partial charge >= 0.3 is 0 Å². The lowest BCUT2D eigenvalue weighted by atomic mass is 9.94. The van der Waals surface area contributed by atoms with Crippen LogP contribution in [0.5, 0.6) is 0 Å². The van der Waals surface area contributed by atoms with Gasteiger partial charge in [0, 0.05) is 13.3 Å². The fourth-order valence-corrected chi connectivity index (χ4v) is 2.45. The van der Waals surface area contributed by atoms with E-state index in [0.717, 1.165) is 0 Å². The number of carbonyl (C=O) groups is 2. The maximum absolute atomic E-state index is 11.6. The van der Waals surface area contributed by atoms with Crippen molar-refractivity contribution in [3.05, 3.63) is 0 Å². The number of aliphatic hydroxyl groups is 1. The Morgan fingerprint density at radius 2 is 1.56 bits per heavy atom. The van der Waals surface area contributed by atoms with Gasteiger partial charge in [0.15, 0.2) is 11.6 Å². The molecule has 0 aromatic heterocycles. The van der Waals surface area contributed by atoms with Gasteiger partial charge < -0.3 is 19.3 Å². The normalized spacial score (nSPS) is 51.2. The number of fused-ring (bicyclic) bond motifs is 1. The van der Waals surface area contributed by atoms with E-state index in [1.165, 1.54) is 27.7 Å². The first kappa shape index (κ1) is 13.6. The van der Waals surface area contributed by atoms with Crippen molar-refractivity contribution >= 4 is 11.6 Å². The number of Topliss-reactive ketones (excluding diaryl/α,β-unsaturated/α-hetero) is 2. The third kappa shape index (κ3) is 1.56. The van der Waals surface area contributed by atoms with Crippen LogP contribution in [0.15, 0.2) is 0 Å². The van der Waals surface area contributed by atoms with E-state index < -0.39 is 23.0 Å². The summed E-state index contributed by atoms with van der Waals surface area (Å²) in [7, 11) is 0. The van der Waals surface area contributed by atoms with Crippen LogP contribution in [0.2, 0.25) is 0 Å². The van der Waals surface area contributed by atoms with E-state index in [-0.39, 0.29) is 18.0 Å². The number of hydrogen-bond donors (Lipinski definition) is 1. The van der Waals surface area contributed by atoms with E-state index in [2.05, 4.69) is 0 Å². The minimum Gasteiger partial charge on any atom is -0.361 e. The van der Waals surface area contributed by atoms with Crippen LogP contribution in [0, 0.1) is 0 Å². The summed E-state index contributed by atoms with van der Waals surface area (Å²) in [5.41, 5.74) is -1.18. The predicted molar refractivity (Wildman–Crippen MR) is 59.4 cm³/mol. The summed E-state index contributed by atoms with van der Waals surface area (Å²) < 4.78 is 16.4. The van der Waals surface area contributed by atoms with E-state index in [9.17, 15) is 14.7 Å². The zero-order valence-corrected chi connectivity index (χ0v) is 11.2. The molecule has 0 bridgehead atoms. The second-order valence-electron chi connectivity index (χ2n) is 5.50. The third-order valence-electron chi connectivity index (χ3n) is 3.84. The molecule has 102 valence electrons. The molecule has 2 heterocycles. The van der Waals surface area contributed by atoms with E-state index in [1.54, 1.807) is 6.92 Å². The van der Waals surface area contributed by atoms with Crippen LogP contribution < -0.4 is 0 Å². The highest BCUT2D eigenvalue weighted by Crippen LogP contribution is 2.55. The van der Waals surface area contributed by atoms with E-state index in [4.69, 9.17) is 14.2 Å². The fraction of sp³-hybridized carbons (Fsp3) is 0.833. The minimum absolute atomic E-state index is 0.0747.